The summed E-state index contributed by atoms with van der Waals surface area (Å²) in [5.41, 5.74) is 1.76. The average Bonchev–Trinajstić information content (AvgIpc) is 2.55. The molecule has 0 spiro atoms. The lowest BCUT2D eigenvalue weighted by molar-refractivity contribution is -0.120. The first kappa shape index (κ1) is 20.9. The highest BCUT2D eigenvalue weighted by molar-refractivity contribution is 5.97. The Labute approximate surface area is 160 Å². The quantitative estimate of drug-likeness (QED) is 0.736. The normalized spacial score (nSPS) is 11.3. The SMILES string of the molecule is CN(C)C(C(=O)Nc1ccc2cnccc2c1)c1ccccc1.Cl.Cl. The zero-order chi connectivity index (χ0) is 16.2. The lowest BCUT2D eigenvalue weighted by Gasteiger charge is -2.24. The molecular formula is C19H21Cl2N3O. The smallest absolute Gasteiger partial charge is 0.246 e. The number of hydrogen-bond donors (Lipinski definition) is 1. The van der Waals surface area contributed by atoms with Gasteiger partial charge in [0.25, 0.3) is 0 Å². The minimum Gasteiger partial charge on any atom is -0.324 e. The molecule has 0 aliphatic heterocycles. The Hall–Kier alpha value is -2.14. The largest absolute Gasteiger partial charge is 0.324 e. The number of amides is 1. The van der Waals surface area contributed by atoms with Gasteiger partial charge in [-0.25, -0.2) is 0 Å². The van der Waals surface area contributed by atoms with Gasteiger partial charge in [0, 0.05) is 23.5 Å². The Morgan fingerprint density at radius 2 is 1.72 bits per heavy atom. The molecule has 1 N–H and O–H groups in total. The van der Waals surface area contributed by atoms with Crippen LogP contribution in [0.1, 0.15) is 11.6 Å². The Morgan fingerprint density at radius 3 is 2.40 bits per heavy atom. The molecule has 0 aliphatic rings. The Kier molecular flexibility index (Phi) is 7.84. The summed E-state index contributed by atoms with van der Waals surface area (Å²) in [5, 5.41) is 5.12. The number of nitrogens with zero attached hydrogens (tertiary/aromatic N) is 2. The molecule has 6 heteroatoms. The number of benzene rings is 2. The van der Waals surface area contributed by atoms with Crippen molar-refractivity contribution in [1.82, 2.24) is 9.88 Å². The van der Waals surface area contributed by atoms with Crippen LogP contribution in [0.15, 0.2) is 67.0 Å². The van der Waals surface area contributed by atoms with Gasteiger partial charge >= 0.3 is 0 Å². The van der Waals surface area contributed by atoms with E-state index in [4.69, 9.17) is 0 Å². The first-order valence-electron chi connectivity index (χ1n) is 7.51. The number of hydrogen-bond acceptors (Lipinski definition) is 3. The van der Waals surface area contributed by atoms with E-state index < -0.39 is 0 Å². The van der Waals surface area contributed by atoms with Crippen LogP contribution in [0.4, 0.5) is 5.69 Å². The van der Waals surface area contributed by atoms with E-state index in [1.807, 2.05) is 79.8 Å². The highest BCUT2D eigenvalue weighted by Crippen LogP contribution is 2.22. The van der Waals surface area contributed by atoms with Crippen molar-refractivity contribution in [3.05, 3.63) is 72.6 Å². The minimum absolute atomic E-state index is 0. The molecule has 1 heterocycles. The van der Waals surface area contributed by atoms with Crippen molar-refractivity contribution < 1.29 is 4.79 Å². The van der Waals surface area contributed by atoms with Crippen LogP contribution in [-0.2, 0) is 4.79 Å². The van der Waals surface area contributed by atoms with Crippen LogP contribution in [0.25, 0.3) is 10.8 Å². The molecule has 4 nitrogen and oxygen atoms in total. The van der Waals surface area contributed by atoms with Crippen LogP contribution in [0.5, 0.6) is 0 Å². The number of carbonyl (C=O) groups is 1. The van der Waals surface area contributed by atoms with Gasteiger partial charge < -0.3 is 5.32 Å². The third-order valence-corrected chi connectivity index (χ3v) is 3.79. The fraction of sp³-hybridized carbons (Fsp3) is 0.158. The van der Waals surface area contributed by atoms with Crippen LogP contribution in [0.2, 0.25) is 0 Å². The summed E-state index contributed by atoms with van der Waals surface area (Å²) in [6, 6.07) is 17.2. The number of pyridine rings is 1. The second-order valence-electron chi connectivity index (χ2n) is 5.70. The minimum atomic E-state index is -0.329. The van der Waals surface area contributed by atoms with Crippen molar-refractivity contribution in [3.63, 3.8) is 0 Å². The summed E-state index contributed by atoms with van der Waals surface area (Å²) in [6.45, 7) is 0. The van der Waals surface area contributed by atoms with Crippen molar-refractivity contribution >= 4 is 47.2 Å². The second kappa shape index (κ2) is 9.37. The van der Waals surface area contributed by atoms with Crippen LogP contribution in [-0.4, -0.2) is 29.9 Å². The van der Waals surface area contributed by atoms with Gasteiger partial charge in [0.1, 0.15) is 6.04 Å². The van der Waals surface area contributed by atoms with Crippen molar-refractivity contribution in [2.24, 2.45) is 0 Å². The monoisotopic (exact) mass is 377 g/mol. The van der Waals surface area contributed by atoms with Gasteiger partial charge in [-0.15, -0.1) is 24.8 Å². The second-order valence-corrected chi connectivity index (χ2v) is 5.70. The van der Waals surface area contributed by atoms with Crippen molar-refractivity contribution in [2.75, 3.05) is 19.4 Å². The summed E-state index contributed by atoms with van der Waals surface area (Å²) >= 11 is 0. The third kappa shape index (κ3) is 4.92. The maximum Gasteiger partial charge on any atom is 0.246 e. The van der Waals surface area contributed by atoms with Crippen molar-refractivity contribution in [2.45, 2.75) is 6.04 Å². The number of likely N-dealkylation sites (N-methyl/N-ethyl adjacent to an activating group) is 1. The molecule has 132 valence electrons. The summed E-state index contributed by atoms with van der Waals surface area (Å²) in [4.78, 5) is 18.7. The number of halogens is 2. The summed E-state index contributed by atoms with van der Waals surface area (Å²) in [5.74, 6) is -0.0467. The third-order valence-electron chi connectivity index (χ3n) is 3.79. The van der Waals surface area contributed by atoms with Gasteiger partial charge in [-0.1, -0.05) is 36.4 Å². The molecule has 3 aromatic rings. The fourth-order valence-electron chi connectivity index (χ4n) is 2.69. The van der Waals surface area contributed by atoms with E-state index in [1.54, 1.807) is 6.20 Å². The molecule has 2 aromatic carbocycles. The maximum atomic E-state index is 12.7. The molecule has 0 fully saturated rings. The van der Waals surface area contributed by atoms with Crippen LogP contribution in [0, 0.1) is 0 Å². The molecule has 0 saturated carbocycles. The Morgan fingerprint density at radius 1 is 1.00 bits per heavy atom. The standard InChI is InChI=1S/C19H19N3O.2ClH/c1-22(2)18(14-6-4-3-5-7-14)19(23)21-17-9-8-16-13-20-11-10-15(16)12-17;;/h3-13,18H,1-2H3,(H,21,23);2*1H. The molecular weight excluding hydrogens is 357 g/mol. The lowest BCUT2D eigenvalue weighted by atomic mass is 10.0. The van der Waals surface area contributed by atoms with Crippen LogP contribution >= 0.6 is 24.8 Å². The van der Waals surface area contributed by atoms with Crippen molar-refractivity contribution in [3.8, 4) is 0 Å². The number of nitrogens with one attached hydrogen (secondary N) is 1. The maximum absolute atomic E-state index is 12.7. The van der Waals surface area contributed by atoms with Gasteiger partial charge in [-0.3, -0.25) is 14.7 Å². The molecule has 25 heavy (non-hydrogen) atoms. The van der Waals surface area contributed by atoms with Crippen LogP contribution in [0.3, 0.4) is 0 Å². The van der Waals surface area contributed by atoms with E-state index in [0.717, 1.165) is 22.0 Å². The zero-order valence-corrected chi connectivity index (χ0v) is 15.7. The number of anilines is 1. The molecule has 1 atom stereocenters. The van der Waals surface area contributed by atoms with Gasteiger partial charge in [0.2, 0.25) is 5.91 Å². The fourth-order valence-corrected chi connectivity index (χ4v) is 2.69. The highest BCUT2D eigenvalue weighted by Gasteiger charge is 2.22. The molecule has 0 aliphatic carbocycles. The van der Waals surface area contributed by atoms with E-state index in [-0.39, 0.29) is 36.8 Å². The predicted molar refractivity (Wildman–Crippen MR) is 108 cm³/mol. The topological polar surface area (TPSA) is 45.2 Å². The van der Waals surface area contributed by atoms with E-state index in [1.165, 1.54) is 0 Å². The van der Waals surface area contributed by atoms with Gasteiger partial charge in [0.15, 0.2) is 0 Å². The molecule has 1 amide bonds. The highest BCUT2D eigenvalue weighted by atomic mass is 35.5. The van der Waals surface area contributed by atoms with E-state index in [9.17, 15) is 4.79 Å². The Balaban J connectivity index is 0.00000156. The average molecular weight is 378 g/mol. The zero-order valence-electron chi connectivity index (χ0n) is 14.0. The summed E-state index contributed by atoms with van der Waals surface area (Å²) < 4.78 is 0. The summed E-state index contributed by atoms with van der Waals surface area (Å²) in [7, 11) is 3.81. The molecule has 0 saturated heterocycles. The first-order valence-corrected chi connectivity index (χ1v) is 7.51. The van der Waals surface area contributed by atoms with Crippen LogP contribution < -0.4 is 5.32 Å². The van der Waals surface area contributed by atoms with Gasteiger partial charge in [0.05, 0.1) is 0 Å². The van der Waals surface area contributed by atoms with E-state index in [2.05, 4.69) is 10.3 Å². The Bertz CT molecular complexity index is 825. The molecule has 0 radical (unpaired) electrons. The number of fused-ring (bicyclic) bond motifs is 1. The molecule has 1 aromatic heterocycles. The number of rotatable bonds is 4. The van der Waals surface area contributed by atoms with Gasteiger partial charge in [-0.2, -0.15) is 0 Å². The number of aromatic nitrogens is 1. The predicted octanol–water partition coefficient (Wildman–Crippen LogP) is 4.32. The molecule has 3 rings (SSSR count). The lowest BCUT2D eigenvalue weighted by Crippen LogP contribution is -2.32. The first-order chi connectivity index (χ1) is 11.1. The number of carbonyl (C=O) groups excluding carboxylic acids is 1. The van der Waals surface area contributed by atoms with E-state index >= 15 is 0 Å². The van der Waals surface area contributed by atoms with E-state index in [0.29, 0.717) is 0 Å². The van der Waals surface area contributed by atoms with Gasteiger partial charge in [-0.05, 0) is 43.2 Å². The van der Waals surface area contributed by atoms with Crippen molar-refractivity contribution in [1.29, 1.82) is 0 Å². The molecule has 0 bridgehead atoms. The molecule has 1 unspecified atom stereocenters. The summed E-state index contributed by atoms with van der Waals surface area (Å²) in [6.07, 6.45) is 3.56.